The molecule has 0 fully saturated rings. The maximum absolute atomic E-state index is 9.00. The van der Waals surface area contributed by atoms with Gasteiger partial charge in [-0.05, 0) is 54.9 Å². The number of benzene rings is 2. The minimum Gasteiger partial charge on any atom is -0.453 e. The van der Waals surface area contributed by atoms with Gasteiger partial charge in [-0.25, -0.2) is 9.55 Å². The van der Waals surface area contributed by atoms with Crippen molar-refractivity contribution < 1.29 is 15.8 Å². The molecule has 4 aromatic heterocycles. The molecule has 6 rings (SSSR count). The van der Waals surface area contributed by atoms with Crippen LogP contribution in [-0.2, 0) is 20.5 Å². The summed E-state index contributed by atoms with van der Waals surface area (Å²) in [6.45, 7) is 4.86. The summed E-state index contributed by atoms with van der Waals surface area (Å²) in [6.07, 6.45) is -0.364. The zero-order valence-electron chi connectivity index (χ0n) is 25.9. The number of hydrogen-bond acceptors (Lipinski definition) is 2. The molecule has 0 N–H and O–H groups in total. The Labute approximate surface area is 212 Å². The van der Waals surface area contributed by atoms with Crippen LogP contribution in [0.5, 0.6) is 0 Å². The second-order valence-corrected chi connectivity index (χ2v) is 10.5. The fourth-order valence-corrected chi connectivity index (χ4v) is 5.12. The topological polar surface area (TPSA) is 34.8 Å². The monoisotopic (exact) mass is 467 g/mol. The maximum atomic E-state index is 9.00. The zero-order chi connectivity index (χ0) is 28.9. The van der Waals surface area contributed by atoms with E-state index in [9.17, 15) is 0 Å². The normalized spacial score (nSPS) is 15.4. The molecule has 0 amide bonds. The van der Waals surface area contributed by atoms with E-state index in [1.165, 1.54) is 0 Å². The van der Waals surface area contributed by atoms with Crippen LogP contribution in [0.15, 0.2) is 59.1 Å². The summed E-state index contributed by atoms with van der Waals surface area (Å²) in [6, 6.07) is 15.9. The van der Waals surface area contributed by atoms with Gasteiger partial charge < -0.3 is 8.98 Å². The zero-order valence-corrected chi connectivity index (χ0v) is 20.9. The summed E-state index contributed by atoms with van der Waals surface area (Å²) < 4.78 is 52.9. The molecular weight excluding hydrogens is 430 g/mol. The molecule has 4 nitrogen and oxygen atoms in total. The van der Waals surface area contributed by atoms with E-state index in [4.69, 9.17) is 16.3 Å². The van der Waals surface area contributed by atoms with Gasteiger partial charge >= 0.3 is 0 Å². The Bertz CT molecular complexity index is 1990. The van der Waals surface area contributed by atoms with Crippen molar-refractivity contribution in [3.05, 3.63) is 71.4 Å². The van der Waals surface area contributed by atoms with Crippen molar-refractivity contribution in [1.29, 1.82) is 0 Å². The van der Waals surface area contributed by atoms with Crippen LogP contribution in [0, 0.1) is 19.2 Å². The van der Waals surface area contributed by atoms with Gasteiger partial charge in [-0.15, -0.1) is 0 Å². The molecule has 0 atom stereocenters. The third-order valence-corrected chi connectivity index (χ3v) is 6.71. The Morgan fingerprint density at radius 3 is 2.63 bits per heavy atom. The predicted molar refractivity (Wildman–Crippen MR) is 145 cm³/mol. The molecule has 0 aliphatic heterocycles. The van der Waals surface area contributed by atoms with Crippen molar-refractivity contribution >= 4 is 44.0 Å². The van der Waals surface area contributed by atoms with Crippen LogP contribution in [-0.4, -0.2) is 9.55 Å². The predicted octanol–water partition coefficient (Wildman–Crippen LogP) is 7.32. The van der Waals surface area contributed by atoms with E-state index in [0.29, 0.717) is 16.9 Å². The highest BCUT2D eigenvalue weighted by Crippen LogP contribution is 2.39. The molecule has 35 heavy (non-hydrogen) atoms. The maximum Gasteiger partial charge on any atom is 0.216 e. The van der Waals surface area contributed by atoms with Gasteiger partial charge in [0.05, 0.1) is 11.1 Å². The van der Waals surface area contributed by atoms with Crippen molar-refractivity contribution in [2.75, 3.05) is 0 Å². The molecule has 4 heterocycles. The molecule has 0 radical (unpaired) electrons. The van der Waals surface area contributed by atoms with Crippen molar-refractivity contribution in [1.82, 2.24) is 9.55 Å². The summed E-state index contributed by atoms with van der Waals surface area (Å²) in [5.74, 6) is 0. The lowest BCUT2D eigenvalue weighted by molar-refractivity contribution is -0.660. The first kappa shape index (κ1) is 16.9. The van der Waals surface area contributed by atoms with Crippen molar-refractivity contribution in [2.45, 2.75) is 40.9 Å². The van der Waals surface area contributed by atoms with Crippen molar-refractivity contribution in [2.24, 2.45) is 19.5 Å². The Morgan fingerprint density at radius 1 is 1.06 bits per heavy atom. The van der Waals surface area contributed by atoms with Crippen LogP contribution < -0.4 is 4.57 Å². The van der Waals surface area contributed by atoms with Crippen molar-refractivity contribution in [3.8, 4) is 11.3 Å². The first-order chi connectivity index (χ1) is 18.6. The van der Waals surface area contributed by atoms with Crippen LogP contribution in [0.1, 0.15) is 44.3 Å². The number of pyridine rings is 2. The minimum absolute atomic E-state index is 0.00732. The van der Waals surface area contributed by atoms with Crippen LogP contribution in [0.4, 0.5) is 0 Å². The number of hydrogen-bond donors (Lipinski definition) is 0. The third kappa shape index (κ3) is 3.35. The second-order valence-electron chi connectivity index (χ2n) is 10.5. The van der Waals surface area contributed by atoms with Crippen LogP contribution in [0.25, 0.3) is 55.3 Å². The summed E-state index contributed by atoms with van der Waals surface area (Å²) in [5, 5.41) is 2.96. The smallest absolute Gasteiger partial charge is 0.216 e. The standard InChI is InChI=1S/C31H32N3O/c1-18-12-13-22-28-26(15-23-21-10-8-9-11-24(21)34(7)30(23)32-28)35-29(22)27(18)25-14-20(16-31(3,4)5)19(2)17-33(25)6/h8-15,17H,16H2,1-7H3/q+1/i2D3,16D2. The lowest BCUT2D eigenvalue weighted by Gasteiger charge is -2.19. The lowest BCUT2D eigenvalue weighted by atomic mass is 9.86. The minimum atomic E-state index is -2.47. The SMILES string of the molecule is [2H]C([2H])([2H])c1c[n+](C)c(-c2c(C)ccc3c2oc2cc4c5ccccc5n(C)c4nc23)cc1C([2H])([2H])C(C)(C)C. The van der Waals surface area contributed by atoms with E-state index >= 15 is 0 Å². The van der Waals surface area contributed by atoms with Crippen LogP contribution >= 0.6 is 0 Å². The fourth-order valence-electron chi connectivity index (χ4n) is 5.12. The Balaban J connectivity index is 1.69. The second kappa shape index (κ2) is 7.42. The molecule has 6 aromatic rings. The summed E-state index contributed by atoms with van der Waals surface area (Å²) in [4.78, 5) is 5.05. The van der Waals surface area contributed by atoms with Crippen LogP contribution in [0.3, 0.4) is 0 Å². The summed E-state index contributed by atoms with van der Waals surface area (Å²) in [5.41, 5.74) is 5.75. The molecule has 0 aliphatic carbocycles. The molecule has 4 heteroatoms. The number of fused-ring (bicyclic) bond motifs is 6. The number of furan rings is 1. The van der Waals surface area contributed by atoms with E-state index in [1.807, 2.05) is 44.3 Å². The highest BCUT2D eigenvalue weighted by atomic mass is 16.3. The fraction of sp³-hybridized carbons (Fsp3) is 0.290. The summed E-state index contributed by atoms with van der Waals surface area (Å²) in [7, 11) is 3.80. The van der Waals surface area contributed by atoms with Crippen LogP contribution in [0.2, 0.25) is 0 Å². The Kier molecular flexibility index (Phi) is 3.58. The lowest BCUT2D eigenvalue weighted by Crippen LogP contribution is -2.32. The number of aryl methyl sites for hydroxylation is 4. The van der Waals surface area contributed by atoms with E-state index in [2.05, 4.69) is 16.7 Å². The first-order valence-electron chi connectivity index (χ1n) is 14.4. The van der Waals surface area contributed by atoms with Gasteiger partial charge in [0, 0.05) is 41.7 Å². The van der Waals surface area contributed by atoms with Gasteiger partial charge in [0.1, 0.15) is 18.2 Å². The number of rotatable bonds is 2. The van der Waals surface area contributed by atoms with Gasteiger partial charge in [-0.2, -0.15) is 0 Å². The molecule has 0 aliphatic rings. The molecular formula is C31H32N3O+. The van der Waals surface area contributed by atoms with Gasteiger partial charge in [-0.3, -0.25) is 0 Å². The quantitative estimate of drug-likeness (QED) is 0.250. The Hall–Kier alpha value is -3.66. The molecule has 0 saturated carbocycles. The number of aromatic nitrogens is 3. The molecule has 0 unspecified atom stereocenters. The van der Waals surface area contributed by atoms with E-state index in [1.54, 1.807) is 44.6 Å². The Morgan fingerprint density at radius 2 is 1.86 bits per heavy atom. The number of nitrogens with zero attached hydrogens (tertiary/aromatic N) is 3. The first-order valence-corrected chi connectivity index (χ1v) is 11.9. The van der Waals surface area contributed by atoms with Gasteiger partial charge in [-0.1, -0.05) is 45.0 Å². The molecule has 0 spiro atoms. The number of para-hydroxylation sites is 1. The average Bonchev–Trinajstić information content (AvgIpc) is 3.36. The molecule has 2 aromatic carbocycles. The third-order valence-electron chi connectivity index (χ3n) is 6.71. The molecule has 0 saturated heterocycles. The van der Waals surface area contributed by atoms with E-state index < -0.39 is 18.6 Å². The van der Waals surface area contributed by atoms with E-state index in [0.717, 1.165) is 44.0 Å². The van der Waals surface area contributed by atoms with E-state index in [-0.39, 0.29) is 11.1 Å². The highest BCUT2D eigenvalue weighted by Gasteiger charge is 2.24. The van der Waals surface area contributed by atoms with Gasteiger partial charge in [0.2, 0.25) is 5.69 Å². The van der Waals surface area contributed by atoms with Gasteiger partial charge in [0.25, 0.3) is 0 Å². The molecule has 176 valence electrons. The van der Waals surface area contributed by atoms with Crippen molar-refractivity contribution in [3.63, 3.8) is 0 Å². The average molecular weight is 468 g/mol. The highest BCUT2D eigenvalue weighted by molar-refractivity contribution is 6.14. The largest absolute Gasteiger partial charge is 0.453 e. The summed E-state index contributed by atoms with van der Waals surface area (Å²) >= 11 is 0. The molecule has 0 bridgehead atoms. The van der Waals surface area contributed by atoms with Gasteiger partial charge in [0.15, 0.2) is 17.4 Å².